The summed E-state index contributed by atoms with van der Waals surface area (Å²) in [6.07, 6.45) is 3.48. The molecule has 1 amide bonds. The molecule has 0 aliphatic rings. The fourth-order valence-corrected chi connectivity index (χ4v) is 4.56. The molecular formula is C24H23N3O3S. The molecule has 2 aromatic carbocycles. The van der Waals surface area contributed by atoms with E-state index in [2.05, 4.69) is 4.98 Å². The second-order valence-electron chi connectivity index (χ2n) is 7.22. The highest BCUT2D eigenvalue weighted by Gasteiger charge is 2.25. The molecule has 0 aliphatic heterocycles. The first-order valence-corrected chi connectivity index (χ1v) is 10.6. The Morgan fingerprint density at radius 2 is 1.84 bits per heavy atom. The van der Waals surface area contributed by atoms with Gasteiger partial charge in [0.15, 0.2) is 5.13 Å². The number of aromatic nitrogens is 2. The van der Waals surface area contributed by atoms with Crippen LogP contribution in [0.1, 0.15) is 27.0 Å². The average Bonchev–Trinajstić information content (AvgIpc) is 3.22. The number of methoxy groups -OCH3 is 2. The van der Waals surface area contributed by atoms with Gasteiger partial charge in [0.1, 0.15) is 21.7 Å². The van der Waals surface area contributed by atoms with E-state index in [9.17, 15) is 4.79 Å². The van der Waals surface area contributed by atoms with Gasteiger partial charge in [0.05, 0.1) is 20.8 Å². The van der Waals surface area contributed by atoms with E-state index < -0.39 is 0 Å². The minimum absolute atomic E-state index is 0.113. The lowest BCUT2D eigenvalue weighted by Gasteiger charge is -2.21. The molecule has 2 heterocycles. The molecule has 0 radical (unpaired) electrons. The summed E-state index contributed by atoms with van der Waals surface area (Å²) in [4.78, 5) is 24.3. The van der Waals surface area contributed by atoms with Crippen molar-refractivity contribution in [1.82, 2.24) is 9.97 Å². The van der Waals surface area contributed by atoms with Crippen molar-refractivity contribution in [2.45, 2.75) is 20.4 Å². The summed E-state index contributed by atoms with van der Waals surface area (Å²) in [6.45, 7) is 4.32. The van der Waals surface area contributed by atoms with Gasteiger partial charge in [-0.3, -0.25) is 14.7 Å². The van der Waals surface area contributed by atoms with Gasteiger partial charge in [-0.05, 0) is 49.2 Å². The number of carbonyl (C=O) groups is 1. The van der Waals surface area contributed by atoms with E-state index in [0.717, 1.165) is 21.4 Å². The molecule has 2 aromatic heterocycles. The van der Waals surface area contributed by atoms with Gasteiger partial charge in [0.25, 0.3) is 5.91 Å². The summed E-state index contributed by atoms with van der Waals surface area (Å²) in [5.74, 6) is 1.22. The molecule has 4 aromatic rings. The van der Waals surface area contributed by atoms with Crippen LogP contribution in [0.2, 0.25) is 0 Å². The molecule has 6 nitrogen and oxygen atoms in total. The van der Waals surface area contributed by atoms with Gasteiger partial charge in [-0.15, -0.1) is 0 Å². The second kappa shape index (κ2) is 8.73. The minimum Gasteiger partial charge on any atom is -0.495 e. The number of hydrogen-bond acceptors (Lipinski definition) is 6. The molecule has 7 heteroatoms. The molecule has 0 atom stereocenters. The third-order valence-corrected chi connectivity index (χ3v) is 6.14. The highest BCUT2D eigenvalue weighted by atomic mass is 32.1. The van der Waals surface area contributed by atoms with E-state index in [1.54, 1.807) is 31.5 Å². The van der Waals surface area contributed by atoms with Crippen LogP contribution in [0, 0.1) is 13.8 Å². The molecule has 0 bridgehead atoms. The largest absolute Gasteiger partial charge is 0.495 e. The van der Waals surface area contributed by atoms with Crippen molar-refractivity contribution in [1.29, 1.82) is 0 Å². The Morgan fingerprint density at radius 1 is 1.06 bits per heavy atom. The number of amides is 1. The van der Waals surface area contributed by atoms with Crippen LogP contribution in [0.3, 0.4) is 0 Å². The van der Waals surface area contributed by atoms with Crippen LogP contribution >= 0.6 is 11.3 Å². The SMILES string of the molecule is COc1ccc(OC)c2sc(N(Cc3cccnc3)C(=O)c3ccc(C)cc3C)nc12. The van der Waals surface area contributed by atoms with E-state index >= 15 is 0 Å². The highest BCUT2D eigenvalue weighted by Crippen LogP contribution is 2.40. The third kappa shape index (κ3) is 4.09. The molecule has 0 saturated carbocycles. The molecule has 0 N–H and O–H groups in total. The number of carbonyl (C=O) groups excluding carboxylic acids is 1. The summed E-state index contributed by atoms with van der Waals surface area (Å²) < 4.78 is 11.8. The monoisotopic (exact) mass is 433 g/mol. The molecule has 0 aliphatic carbocycles. The van der Waals surface area contributed by atoms with E-state index in [-0.39, 0.29) is 5.91 Å². The molecule has 4 rings (SSSR count). The lowest BCUT2D eigenvalue weighted by atomic mass is 10.0. The maximum absolute atomic E-state index is 13.7. The number of pyridine rings is 1. The zero-order valence-electron chi connectivity index (χ0n) is 17.9. The number of rotatable bonds is 6. The third-order valence-electron chi connectivity index (χ3n) is 5.05. The quantitative estimate of drug-likeness (QED) is 0.420. The fraction of sp³-hybridized carbons (Fsp3) is 0.208. The molecule has 31 heavy (non-hydrogen) atoms. The molecule has 0 unspecified atom stereocenters. The summed E-state index contributed by atoms with van der Waals surface area (Å²) in [6, 6.07) is 13.3. The number of thiazole rings is 1. The smallest absolute Gasteiger partial charge is 0.260 e. The van der Waals surface area contributed by atoms with E-state index in [0.29, 0.717) is 34.3 Å². The number of fused-ring (bicyclic) bond motifs is 1. The van der Waals surface area contributed by atoms with Crippen molar-refractivity contribution in [2.75, 3.05) is 19.1 Å². The predicted octanol–water partition coefficient (Wildman–Crippen LogP) is 5.17. The zero-order valence-corrected chi connectivity index (χ0v) is 18.7. The van der Waals surface area contributed by atoms with Gasteiger partial charge in [0.2, 0.25) is 0 Å². The molecule has 158 valence electrons. The van der Waals surface area contributed by atoms with Crippen LogP contribution in [-0.2, 0) is 6.54 Å². The molecule has 0 fully saturated rings. The van der Waals surface area contributed by atoms with Crippen molar-refractivity contribution in [3.05, 3.63) is 77.1 Å². The number of hydrogen-bond donors (Lipinski definition) is 0. The Balaban J connectivity index is 1.85. The normalized spacial score (nSPS) is 10.8. The van der Waals surface area contributed by atoms with Crippen LogP contribution in [0.4, 0.5) is 5.13 Å². The number of nitrogens with zero attached hydrogens (tertiary/aromatic N) is 3. The summed E-state index contributed by atoms with van der Waals surface area (Å²) >= 11 is 1.41. The Bertz CT molecular complexity index is 1200. The molecular weight excluding hydrogens is 410 g/mol. The summed E-state index contributed by atoms with van der Waals surface area (Å²) in [7, 11) is 3.23. The Labute approximate surface area is 185 Å². The van der Waals surface area contributed by atoms with Crippen molar-refractivity contribution in [2.24, 2.45) is 0 Å². The van der Waals surface area contributed by atoms with Crippen LogP contribution in [0.25, 0.3) is 10.2 Å². The molecule has 0 spiro atoms. The van der Waals surface area contributed by atoms with Crippen molar-refractivity contribution >= 4 is 32.6 Å². The van der Waals surface area contributed by atoms with Crippen LogP contribution in [0.5, 0.6) is 11.5 Å². The topological polar surface area (TPSA) is 64.6 Å². The van der Waals surface area contributed by atoms with Gasteiger partial charge >= 0.3 is 0 Å². The molecule has 0 saturated heterocycles. The maximum atomic E-state index is 13.7. The summed E-state index contributed by atoms with van der Waals surface area (Å²) in [5.41, 5.74) is 4.28. The van der Waals surface area contributed by atoms with E-state index in [4.69, 9.17) is 14.5 Å². The summed E-state index contributed by atoms with van der Waals surface area (Å²) in [5, 5.41) is 0.576. The van der Waals surface area contributed by atoms with Gasteiger partial charge in [-0.25, -0.2) is 4.98 Å². The van der Waals surface area contributed by atoms with Gasteiger partial charge in [0, 0.05) is 18.0 Å². The lowest BCUT2D eigenvalue weighted by Crippen LogP contribution is -2.31. The number of aryl methyl sites for hydroxylation is 2. The van der Waals surface area contributed by atoms with Crippen LogP contribution in [-0.4, -0.2) is 30.1 Å². The first kappa shape index (κ1) is 20.8. The van der Waals surface area contributed by atoms with Crippen LogP contribution < -0.4 is 14.4 Å². The van der Waals surface area contributed by atoms with Gasteiger partial charge in [-0.1, -0.05) is 35.1 Å². The zero-order chi connectivity index (χ0) is 22.0. The predicted molar refractivity (Wildman–Crippen MR) is 123 cm³/mol. The maximum Gasteiger partial charge on any atom is 0.260 e. The number of ether oxygens (including phenoxy) is 2. The fourth-order valence-electron chi connectivity index (χ4n) is 3.49. The Kier molecular flexibility index (Phi) is 5.86. The Morgan fingerprint density at radius 3 is 2.52 bits per heavy atom. The minimum atomic E-state index is -0.113. The first-order valence-electron chi connectivity index (χ1n) is 9.81. The Hall–Kier alpha value is -3.45. The average molecular weight is 434 g/mol. The van der Waals surface area contributed by atoms with Crippen molar-refractivity contribution in [3.8, 4) is 11.5 Å². The van der Waals surface area contributed by atoms with Gasteiger partial charge < -0.3 is 9.47 Å². The van der Waals surface area contributed by atoms with Crippen molar-refractivity contribution in [3.63, 3.8) is 0 Å². The second-order valence-corrected chi connectivity index (χ2v) is 8.19. The van der Waals surface area contributed by atoms with E-state index in [1.165, 1.54) is 11.3 Å². The van der Waals surface area contributed by atoms with E-state index in [1.807, 2.05) is 56.3 Å². The highest BCUT2D eigenvalue weighted by molar-refractivity contribution is 7.22. The number of benzene rings is 2. The van der Waals surface area contributed by atoms with Crippen LogP contribution in [0.15, 0.2) is 54.9 Å². The number of anilines is 1. The lowest BCUT2D eigenvalue weighted by molar-refractivity contribution is 0.0984. The first-order chi connectivity index (χ1) is 15.0. The standard InChI is InChI=1S/C24H23N3O3S/c1-15-7-8-18(16(2)12-15)23(28)27(14-17-6-5-11-25-13-17)24-26-21-19(29-3)9-10-20(30-4)22(21)31-24/h5-13H,14H2,1-4H3. The van der Waals surface area contributed by atoms with Crippen molar-refractivity contribution < 1.29 is 14.3 Å². The van der Waals surface area contributed by atoms with Gasteiger partial charge in [-0.2, -0.15) is 0 Å².